The quantitative estimate of drug-likeness (QED) is 0.868. The summed E-state index contributed by atoms with van der Waals surface area (Å²) in [6.45, 7) is 0.430. The van der Waals surface area contributed by atoms with Gasteiger partial charge in [0, 0.05) is 24.8 Å². The third-order valence-electron chi connectivity index (χ3n) is 4.62. The molecule has 3 rings (SSSR count). The van der Waals surface area contributed by atoms with Crippen LogP contribution < -0.4 is 5.32 Å². The normalized spacial score (nSPS) is 25.9. The molecule has 0 radical (unpaired) electrons. The Morgan fingerprint density at radius 2 is 2.14 bits per heavy atom. The molecular formula is C14H22N4O3S. The fourth-order valence-corrected chi connectivity index (χ4v) is 4.65. The molecule has 8 heteroatoms. The van der Waals surface area contributed by atoms with Crippen LogP contribution in [0.25, 0.3) is 0 Å². The number of amides is 1. The molecular weight excluding hydrogens is 304 g/mol. The Labute approximate surface area is 130 Å². The van der Waals surface area contributed by atoms with Gasteiger partial charge in [-0.15, -0.1) is 0 Å². The van der Waals surface area contributed by atoms with Gasteiger partial charge in [0.1, 0.15) is 6.04 Å². The van der Waals surface area contributed by atoms with Crippen LogP contribution in [0, 0.1) is 0 Å². The molecule has 1 aromatic rings. The molecule has 2 atom stereocenters. The molecule has 22 heavy (non-hydrogen) atoms. The zero-order chi connectivity index (χ0) is 15.9. The lowest BCUT2D eigenvalue weighted by molar-refractivity contribution is -0.125. The van der Waals surface area contributed by atoms with E-state index in [0.29, 0.717) is 13.0 Å². The van der Waals surface area contributed by atoms with Gasteiger partial charge >= 0.3 is 0 Å². The lowest BCUT2D eigenvalue weighted by atomic mass is 9.92. The Balaban J connectivity index is 1.75. The van der Waals surface area contributed by atoms with Crippen molar-refractivity contribution < 1.29 is 13.2 Å². The molecule has 1 aliphatic heterocycles. The van der Waals surface area contributed by atoms with E-state index in [9.17, 15) is 13.2 Å². The number of hydrogen-bond donors (Lipinski definition) is 1. The first-order valence-electron chi connectivity index (χ1n) is 7.66. The fourth-order valence-electron chi connectivity index (χ4n) is 3.52. The smallest absolute Gasteiger partial charge is 0.238 e. The summed E-state index contributed by atoms with van der Waals surface area (Å²) in [4.78, 5) is 12.5. The Kier molecular flexibility index (Phi) is 3.98. The third-order valence-corrected chi connectivity index (χ3v) is 5.91. The summed E-state index contributed by atoms with van der Waals surface area (Å²) in [5, 5.41) is 7.30. The van der Waals surface area contributed by atoms with E-state index in [4.69, 9.17) is 0 Å². The minimum atomic E-state index is -3.34. The standard InChI is InChI=1S/C14H22N4O3S/c1-17-12-6-3-5-11(10(12)9-15-17)16-14(19)13-7-4-8-18(13)22(2,20)21/h9,11,13H,3-8H2,1-2H3,(H,16,19). The average molecular weight is 326 g/mol. The van der Waals surface area contributed by atoms with Gasteiger partial charge in [-0.2, -0.15) is 9.40 Å². The van der Waals surface area contributed by atoms with Gasteiger partial charge in [0.15, 0.2) is 0 Å². The van der Waals surface area contributed by atoms with E-state index in [1.807, 2.05) is 17.9 Å². The molecule has 0 bridgehead atoms. The Morgan fingerprint density at radius 1 is 1.36 bits per heavy atom. The zero-order valence-corrected chi connectivity index (χ0v) is 13.8. The van der Waals surface area contributed by atoms with Gasteiger partial charge in [0.05, 0.1) is 18.5 Å². The molecule has 0 saturated carbocycles. The highest BCUT2D eigenvalue weighted by atomic mass is 32.2. The maximum atomic E-state index is 12.5. The molecule has 2 heterocycles. The molecule has 2 unspecified atom stereocenters. The minimum absolute atomic E-state index is 0.0630. The number of nitrogens with zero attached hydrogens (tertiary/aromatic N) is 3. The van der Waals surface area contributed by atoms with Crippen LogP contribution >= 0.6 is 0 Å². The monoisotopic (exact) mass is 326 g/mol. The fraction of sp³-hybridized carbons (Fsp3) is 0.714. The van der Waals surface area contributed by atoms with E-state index in [-0.39, 0.29) is 11.9 Å². The lowest BCUT2D eigenvalue weighted by Crippen LogP contribution is -2.46. The highest BCUT2D eigenvalue weighted by Gasteiger charge is 2.37. The molecule has 1 N–H and O–H groups in total. The molecule has 1 amide bonds. The number of fused-ring (bicyclic) bond motifs is 1. The van der Waals surface area contributed by atoms with Crippen molar-refractivity contribution in [3.63, 3.8) is 0 Å². The van der Waals surface area contributed by atoms with Crippen LogP contribution in [-0.2, 0) is 28.3 Å². The molecule has 1 fully saturated rings. The van der Waals surface area contributed by atoms with Crippen LogP contribution in [0.4, 0.5) is 0 Å². The Bertz CT molecular complexity index is 682. The molecule has 0 aromatic carbocycles. The first kappa shape index (κ1) is 15.5. The van der Waals surface area contributed by atoms with Gasteiger partial charge in [-0.05, 0) is 32.1 Å². The van der Waals surface area contributed by atoms with Crippen molar-refractivity contribution >= 4 is 15.9 Å². The number of nitrogens with one attached hydrogen (secondary N) is 1. The number of carbonyl (C=O) groups excluding carboxylic acids is 1. The predicted molar refractivity (Wildman–Crippen MR) is 81.6 cm³/mol. The van der Waals surface area contributed by atoms with Gasteiger partial charge in [-0.3, -0.25) is 9.48 Å². The van der Waals surface area contributed by atoms with Crippen molar-refractivity contribution in [1.82, 2.24) is 19.4 Å². The second-order valence-corrected chi connectivity index (χ2v) is 8.09. The van der Waals surface area contributed by atoms with Crippen molar-refractivity contribution in [1.29, 1.82) is 0 Å². The first-order valence-corrected chi connectivity index (χ1v) is 9.50. The topological polar surface area (TPSA) is 84.3 Å². The molecule has 7 nitrogen and oxygen atoms in total. The maximum Gasteiger partial charge on any atom is 0.238 e. The highest BCUT2D eigenvalue weighted by Crippen LogP contribution is 2.30. The number of hydrogen-bond acceptors (Lipinski definition) is 4. The van der Waals surface area contributed by atoms with Crippen molar-refractivity contribution in [2.24, 2.45) is 7.05 Å². The van der Waals surface area contributed by atoms with Gasteiger partial charge < -0.3 is 5.32 Å². The summed E-state index contributed by atoms with van der Waals surface area (Å²) in [5.74, 6) is -0.190. The number of sulfonamides is 1. The molecule has 2 aliphatic rings. The third kappa shape index (κ3) is 2.77. The number of rotatable bonds is 3. The predicted octanol–water partition coefficient (Wildman–Crippen LogP) is 0.338. The Hall–Kier alpha value is -1.41. The second-order valence-electron chi connectivity index (χ2n) is 6.16. The van der Waals surface area contributed by atoms with Gasteiger partial charge in [0.2, 0.25) is 15.9 Å². The van der Waals surface area contributed by atoms with Crippen LogP contribution in [0.15, 0.2) is 6.20 Å². The van der Waals surface area contributed by atoms with E-state index in [1.165, 1.54) is 10.6 Å². The molecule has 1 aliphatic carbocycles. The van der Waals surface area contributed by atoms with Crippen LogP contribution in [0.2, 0.25) is 0 Å². The minimum Gasteiger partial charge on any atom is -0.348 e. The van der Waals surface area contributed by atoms with Crippen molar-refractivity contribution in [2.45, 2.75) is 44.2 Å². The average Bonchev–Trinajstić information content (AvgIpc) is 3.06. The first-order chi connectivity index (χ1) is 10.4. The van der Waals surface area contributed by atoms with Crippen molar-refractivity contribution in [3.05, 3.63) is 17.5 Å². The van der Waals surface area contributed by atoms with E-state index in [2.05, 4.69) is 10.4 Å². The summed E-state index contributed by atoms with van der Waals surface area (Å²) >= 11 is 0. The van der Waals surface area contributed by atoms with Gasteiger partial charge in [-0.25, -0.2) is 8.42 Å². The summed E-state index contributed by atoms with van der Waals surface area (Å²) in [7, 11) is -1.43. The molecule has 122 valence electrons. The lowest BCUT2D eigenvalue weighted by Gasteiger charge is -2.27. The van der Waals surface area contributed by atoms with E-state index in [0.717, 1.165) is 36.9 Å². The SMILES string of the molecule is Cn1ncc2c1CCCC2NC(=O)C1CCCN1S(C)(=O)=O. The van der Waals surface area contributed by atoms with Gasteiger partial charge in [-0.1, -0.05) is 0 Å². The highest BCUT2D eigenvalue weighted by molar-refractivity contribution is 7.88. The van der Waals surface area contributed by atoms with Crippen molar-refractivity contribution in [2.75, 3.05) is 12.8 Å². The van der Waals surface area contributed by atoms with E-state index >= 15 is 0 Å². The van der Waals surface area contributed by atoms with Crippen molar-refractivity contribution in [3.8, 4) is 0 Å². The van der Waals surface area contributed by atoms with Crippen LogP contribution in [0.5, 0.6) is 0 Å². The largest absolute Gasteiger partial charge is 0.348 e. The summed E-state index contributed by atoms with van der Waals surface area (Å²) in [6, 6.07) is -0.635. The number of carbonyl (C=O) groups is 1. The second kappa shape index (κ2) is 5.66. The molecule has 0 spiro atoms. The summed E-state index contributed by atoms with van der Waals surface area (Å²) in [5.41, 5.74) is 2.22. The van der Waals surface area contributed by atoms with Crippen LogP contribution in [0.1, 0.15) is 43.0 Å². The summed E-state index contributed by atoms with van der Waals surface area (Å²) < 4.78 is 26.7. The van der Waals surface area contributed by atoms with E-state index in [1.54, 1.807) is 0 Å². The van der Waals surface area contributed by atoms with Gasteiger partial charge in [0.25, 0.3) is 0 Å². The maximum absolute atomic E-state index is 12.5. The zero-order valence-electron chi connectivity index (χ0n) is 12.9. The molecule has 1 saturated heterocycles. The van der Waals surface area contributed by atoms with Crippen LogP contribution in [0.3, 0.4) is 0 Å². The van der Waals surface area contributed by atoms with E-state index < -0.39 is 16.1 Å². The molecule has 1 aromatic heterocycles. The number of aromatic nitrogens is 2. The Morgan fingerprint density at radius 3 is 2.86 bits per heavy atom. The summed E-state index contributed by atoms with van der Waals surface area (Å²) in [6.07, 6.45) is 7.13. The number of aryl methyl sites for hydroxylation is 1. The van der Waals surface area contributed by atoms with Crippen LogP contribution in [-0.4, -0.2) is 47.3 Å².